The first-order valence-corrected chi connectivity index (χ1v) is 6.08. The van der Waals surface area contributed by atoms with Gasteiger partial charge in [0, 0.05) is 18.8 Å². The quantitative estimate of drug-likeness (QED) is 0.773. The van der Waals surface area contributed by atoms with E-state index in [1.165, 1.54) is 6.26 Å². The average Bonchev–Trinajstić information content (AvgIpc) is 2.48. The molecule has 1 saturated heterocycles. The molecule has 0 N–H and O–H groups in total. The third-order valence-corrected chi connectivity index (χ3v) is 3.25. The van der Waals surface area contributed by atoms with E-state index in [4.69, 9.17) is 14.4 Å². The minimum Gasteiger partial charge on any atom is -0.463 e. The van der Waals surface area contributed by atoms with Crippen LogP contribution in [-0.4, -0.2) is 26.3 Å². The average molecular weight is 256 g/mol. The van der Waals surface area contributed by atoms with Crippen LogP contribution in [0.2, 0.25) is 0 Å². The second-order valence-corrected chi connectivity index (χ2v) is 4.37. The van der Waals surface area contributed by atoms with Crippen LogP contribution in [0.4, 0.5) is 5.69 Å². The molecule has 1 fully saturated rings. The maximum absolute atomic E-state index is 12.1. The molecule has 0 bridgehead atoms. The molecule has 96 valence electrons. The molecule has 0 spiro atoms. The predicted octanol–water partition coefficient (Wildman–Crippen LogP) is 1.50. The van der Waals surface area contributed by atoms with Gasteiger partial charge >= 0.3 is 0 Å². The van der Waals surface area contributed by atoms with Crippen LogP contribution in [-0.2, 0) is 4.74 Å². The van der Waals surface area contributed by atoms with Crippen LogP contribution in [0, 0.1) is 11.3 Å². The monoisotopic (exact) mass is 256 g/mol. The van der Waals surface area contributed by atoms with Crippen molar-refractivity contribution in [1.29, 1.82) is 5.26 Å². The number of benzene rings is 1. The van der Waals surface area contributed by atoms with Crippen molar-refractivity contribution in [3.05, 3.63) is 40.2 Å². The number of hydrogen-bond acceptors (Lipinski definition) is 5. The van der Waals surface area contributed by atoms with Crippen molar-refractivity contribution in [2.24, 2.45) is 0 Å². The highest BCUT2D eigenvalue weighted by Gasteiger charge is 2.13. The van der Waals surface area contributed by atoms with Gasteiger partial charge in [-0.2, -0.15) is 5.26 Å². The van der Waals surface area contributed by atoms with Crippen molar-refractivity contribution in [1.82, 2.24) is 0 Å². The molecule has 19 heavy (non-hydrogen) atoms. The van der Waals surface area contributed by atoms with Crippen molar-refractivity contribution in [2.75, 3.05) is 31.2 Å². The SMILES string of the molecule is N#Cc1coc2ccc(N3CCOCC3)cc2c1=O. The maximum Gasteiger partial charge on any atom is 0.210 e. The molecule has 1 aromatic heterocycles. The number of morpholine rings is 1. The highest BCUT2D eigenvalue weighted by atomic mass is 16.5. The zero-order chi connectivity index (χ0) is 13.2. The standard InChI is InChI=1S/C14H12N2O3/c15-8-10-9-19-13-2-1-11(7-12(13)14(10)17)16-3-5-18-6-4-16/h1-2,7,9H,3-6H2. The first kappa shape index (κ1) is 11.8. The summed E-state index contributed by atoms with van der Waals surface area (Å²) in [4.78, 5) is 14.2. The summed E-state index contributed by atoms with van der Waals surface area (Å²) in [5.74, 6) is 0. The van der Waals surface area contributed by atoms with E-state index in [0.29, 0.717) is 24.2 Å². The van der Waals surface area contributed by atoms with Gasteiger partial charge in [-0.05, 0) is 18.2 Å². The van der Waals surface area contributed by atoms with Crippen LogP contribution in [0.1, 0.15) is 5.56 Å². The molecule has 3 rings (SSSR count). The van der Waals surface area contributed by atoms with Crippen molar-refractivity contribution in [3.8, 4) is 6.07 Å². The summed E-state index contributed by atoms with van der Waals surface area (Å²) in [6, 6.07) is 7.32. The molecule has 0 amide bonds. The molecule has 0 atom stereocenters. The lowest BCUT2D eigenvalue weighted by Crippen LogP contribution is -2.36. The molecule has 5 heteroatoms. The van der Waals surface area contributed by atoms with E-state index < -0.39 is 0 Å². The Balaban J connectivity index is 2.11. The second kappa shape index (κ2) is 4.75. The lowest BCUT2D eigenvalue weighted by Gasteiger charge is -2.28. The predicted molar refractivity (Wildman–Crippen MR) is 70.2 cm³/mol. The smallest absolute Gasteiger partial charge is 0.210 e. The molecule has 1 aliphatic heterocycles. The van der Waals surface area contributed by atoms with Gasteiger partial charge in [0.1, 0.15) is 23.5 Å². The Labute approximate surface area is 109 Å². The fourth-order valence-corrected chi connectivity index (χ4v) is 2.21. The van der Waals surface area contributed by atoms with E-state index >= 15 is 0 Å². The minimum absolute atomic E-state index is 0.0339. The van der Waals surface area contributed by atoms with Gasteiger partial charge < -0.3 is 14.1 Å². The van der Waals surface area contributed by atoms with Crippen LogP contribution < -0.4 is 10.3 Å². The fourth-order valence-electron chi connectivity index (χ4n) is 2.21. The van der Waals surface area contributed by atoms with Crippen molar-refractivity contribution < 1.29 is 9.15 Å². The molecule has 0 unspecified atom stereocenters. The molecule has 2 heterocycles. The Bertz CT molecular complexity index is 709. The largest absolute Gasteiger partial charge is 0.463 e. The van der Waals surface area contributed by atoms with E-state index in [0.717, 1.165) is 18.8 Å². The molecule has 0 aliphatic carbocycles. The van der Waals surface area contributed by atoms with Crippen LogP contribution in [0.5, 0.6) is 0 Å². The Hall–Kier alpha value is -2.32. The Morgan fingerprint density at radius 2 is 2.05 bits per heavy atom. The lowest BCUT2D eigenvalue weighted by atomic mass is 10.1. The van der Waals surface area contributed by atoms with Crippen LogP contribution in [0.15, 0.2) is 33.7 Å². The van der Waals surface area contributed by atoms with E-state index in [1.54, 1.807) is 12.1 Å². The Kier molecular flexibility index (Phi) is 2.94. The zero-order valence-corrected chi connectivity index (χ0v) is 10.3. The van der Waals surface area contributed by atoms with Crippen LogP contribution in [0.3, 0.4) is 0 Å². The summed E-state index contributed by atoms with van der Waals surface area (Å²) in [6.45, 7) is 2.97. The molecular weight excluding hydrogens is 244 g/mol. The van der Waals surface area contributed by atoms with E-state index in [9.17, 15) is 4.79 Å². The van der Waals surface area contributed by atoms with Crippen molar-refractivity contribution in [3.63, 3.8) is 0 Å². The maximum atomic E-state index is 12.1. The van der Waals surface area contributed by atoms with E-state index in [2.05, 4.69) is 4.90 Å². The molecule has 1 aliphatic rings. The van der Waals surface area contributed by atoms with Gasteiger partial charge in [-0.15, -0.1) is 0 Å². The molecule has 0 saturated carbocycles. The van der Waals surface area contributed by atoms with Crippen LogP contribution in [0.25, 0.3) is 11.0 Å². The summed E-state index contributed by atoms with van der Waals surface area (Å²) in [7, 11) is 0. The normalized spacial score (nSPS) is 15.4. The van der Waals surface area contributed by atoms with Crippen molar-refractivity contribution >= 4 is 16.7 Å². The number of fused-ring (bicyclic) bond motifs is 1. The third-order valence-electron chi connectivity index (χ3n) is 3.25. The summed E-state index contributed by atoms with van der Waals surface area (Å²) < 4.78 is 10.6. The minimum atomic E-state index is -0.279. The van der Waals surface area contributed by atoms with Crippen molar-refractivity contribution in [2.45, 2.75) is 0 Å². The zero-order valence-electron chi connectivity index (χ0n) is 10.3. The van der Waals surface area contributed by atoms with E-state index in [-0.39, 0.29) is 11.0 Å². The number of hydrogen-bond donors (Lipinski definition) is 0. The number of nitriles is 1. The number of rotatable bonds is 1. The molecule has 1 aromatic carbocycles. The lowest BCUT2D eigenvalue weighted by molar-refractivity contribution is 0.122. The molecular formula is C14H12N2O3. The van der Waals surface area contributed by atoms with Gasteiger partial charge in [-0.25, -0.2) is 0 Å². The van der Waals surface area contributed by atoms with Gasteiger partial charge in [0.2, 0.25) is 5.43 Å². The van der Waals surface area contributed by atoms with Gasteiger partial charge in [0.15, 0.2) is 0 Å². The number of ether oxygens (including phenoxy) is 1. The molecule has 2 aromatic rings. The molecule has 0 radical (unpaired) electrons. The summed E-state index contributed by atoms with van der Waals surface area (Å²) in [5, 5.41) is 9.31. The van der Waals surface area contributed by atoms with Crippen LogP contribution >= 0.6 is 0 Å². The molecule has 5 nitrogen and oxygen atoms in total. The van der Waals surface area contributed by atoms with Gasteiger partial charge in [0.05, 0.1) is 18.6 Å². The van der Waals surface area contributed by atoms with Gasteiger partial charge in [-0.3, -0.25) is 4.79 Å². The van der Waals surface area contributed by atoms with Gasteiger partial charge in [-0.1, -0.05) is 0 Å². The number of anilines is 1. The fraction of sp³-hybridized carbons (Fsp3) is 0.286. The summed E-state index contributed by atoms with van der Waals surface area (Å²) >= 11 is 0. The number of nitrogens with zero attached hydrogens (tertiary/aromatic N) is 2. The summed E-state index contributed by atoms with van der Waals surface area (Å²) in [6.07, 6.45) is 1.21. The van der Waals surface area contributed by atoms with Gasteiger partial charge in [0.25, 0.3) is 0 Å². The Morgan fingerprint density at radius 3 is 2.79 bits per heavy atom. The second-order valence-electron chi connectivity index (χ2n) is 4.37. The highest BCUT2D eigenvalue weighted by Crippen LogP contribution is 2.21. The highest BCUT2D eigenvalue weighted by molar-refractivity contribution is 5.81. The first-order valence-electron chi connectivity index (χ1n) is 6.08. The first-order chi connectivity index (χ1) is 9.29. The topological polar surface area (TPSA) is 66.5 Å². The summed E-state index contributed by atoms with van der Waals surface area (Å²) in [5.41, 5.74) is 1.21. The third kappa shape index (κ3) is 2.07. The van der Waals surface area contributed by atoms with E-state index in [1.807, 2.05) is 12.1 Å². The Morgan fingerprint density at radius 1 is 1.26 bits per heavy atom.